The van der Waals surface area contributed by atoms with Crippen LogP contribution in [0, 0.1) is 6.92 Å². The van der Waals surface area contributed by atoms with E-state index in [-0.39, 0.29) is 30.7 Å². The van der Waals surface area contributed by atoms with Crippen LogP contribution in [0.3, 0.4) is 0 Å². The van der Waals surface area contributed by atoms with Crippen molar-refractivity contribution in [2.75, 3.05) is 23.7 Å². The molecule has 1 spiro atoms. The highest BCUT2D eigenvalue weighted by molar-refractivity contribution is 6.16. The zero-order valence-corrected chi connectivity index (χ0v) is 14.8. The summed E-state index contributed by atoms with van der Waals surface area (Å²) in [4.78, 5) is 41.0. The molecule has 9 heteroatoms. The van der Waals surface area contributed by atoms with Gasteiger partial charge in [0.05, 0.1) is 11.4 Å². The van der Waals surface area contributed by atoms with Crippen molar-refractivity contribution < 1.29 is 14.0 Å². The summed E-state index contributed by atoms with van der Waals surface area (Å²) in [5, 5.41) is 0. The fourth-order valence-electron chi connectivity index (χ4n) is 3.91. The molecule has 3 aromatic rings. The van der Waals surface area contributed by atoms with Crippen molar-refractivity contribution in [2.24, 2.45) is 0 Å². The second-order valence-electron chi connectivity index (χ2n) is 6.94. The molecule has 0 saturated carbocycles. The second-order valence-corrected chi connectivity index (χ2v) is 6.94. The Morgan fingerprint density at radius 3 is 2.81 bits per heavy atom. The van der Waals surface area contributed by atoms with Crippen molar-refractivity contribution in [2.45, 2.75) is 19.3 Å². The minimum absolute atomic E-state index is 0.0741. The number of nitrogens with zero attached hydrogens (tertiary/aromatic N) is 5. The van der Waals surface area contributed by atoms with Crippen molar-refractivity contribution in [3.8, 4) is 0 Å². The highest BCUT2D eigenvalue weighted by atomic mass is 16.3. The van der Waals surface area contributed by atoms with Crippen LogP contribution in [0.1, 0.15) is 18.5 Å². The zero-order chi connectivity index (χ0) is 18.9. The lowest BCUT2D eigenvalue weighted by atomic mass is 9.77. The lowest BCUT2D eigenvalue weighted by molar-refractivity contribution is -0.142. The van der Waals surface area contributed by atoms with Gasteiger partial charge in [0.2, 0.25) is 11.8 Å². The quantitative estimate of drug-likeness (QED) is 0.691. The van der Waals surface area contributed by atoms with Crippen LogP contribution in [0.4, 0.5) is 17.2 Å². The number of nitrogen functional groups attached to an aromatic ring is 1. The first kappa shape index (κ1) is 15.7. The molecule has 5 rings (SSSR count). The van der Waals surface area contributed by atoms with Gasteiger partial charge in [0.15, 0.2) is 17.3 Å². The summed E-state index contributed by atoms with van der Waals surface area (Å²) in [6.45, 7) is 3.82. The number of aromatic nitrogens is 3. The van der Waals surface area contributed by atoms with E-state index in [9.17, 15) is 9.59 Å². The fourth-order valence-corrected chi connectivity index (χ4v) is 3.91. The molecule has 9 nitrogen and oxygen atoms in total. The molecule has 27 heavy (non-hydrogen) atoms. The van der Waals surface area contributed by atoms with E-state index in [0.717, 1.165) is 0 Å². The standard InChI is InChI=1S/C18H16N6O3/c1-9-22-12-5-11(3-4-13(12)27-9)24-14-15(20-8-21-16(14)19)18(17(24)26)6-23(7-18)10(2)25/h3-5,8H,6-7H2,1-2H3,(H2,19,20,21). The first-order valence-electron chi connectivity index (χ1n) is 8.49. The SMILES string of the molecule is CC(=O)N1CC2(C1)C(=O)N(c1ccc3oc(C)nc3c1)c1c(N)ncnc12. The molecular formula is C18H16N6O3. The van der Waals surface area contributed by atoms with Crippen LogP contribution in [0.25, 0.3) is 11.1 Å². The lowest BCUT2D eigenvalue weighted by Gasteiger charge is -2.45. The van der Waals surface area contributed by atoms with E-state index in [1.165, 1.54) is 18.2 Å². The Morgan fingerprint density at radius 2 is 2.07 bits per heavy atom. The van der Waals surface area contributed by atoms with Crippen LogP contribution in [-0.2, 0) is 15.0 Å². The summed E-state index contributed by atoms with van der Waals surface area (Å²) >= 11 is 0. The molecule has 0 atom stereocenters. The van der Waals surface area contributed by atoms with Gasteiger partial charge >= 0.3 is 0 Å². The maximum absolute atomic E-state index is 13.4. The van der Waals surface area contributed by atoms with Crippen molar-refractivity contribution >= 4 is 40.1 Å². The molecule has 0 radical (unpaired) electrons. The Kier molecular flexibility index (Phi) is 2.93. The lowest BCUT2D eigenvalue weighted by Crippen LogP contribution is -2.64. The average molecular weight is 364 g/mol. The number of nitrogens with two attached hydrogens (primary N) is 1. The zero-order valence-electron chi connectivity index (χ0n) is 14.8. The molecule has 2 aliphatic rings. The third-order valence-electron chi connectivity index (χ3n) is 5.24. The molecule has 2 amide bonds. The third-order valence-corrected chi connectivity index (χ3v) is 5.24. The smallest absolute Gasteiger partial charge is 0.247 e. The molecule has 1 fully saturated rings. The minimum Gasteiger partial charge on any atom is -0.441 e. The number of aryl methyl sites for hydroxylation is 1. The number of fused-ring (bicyclic) bond motifs is 3. The van der Waals surface area contributed by atoms with Crippen molar-refractivity contribution in [1.29, 1.82) is 0 Å². The first-order valence-corrected chi connectivity index (χ1v) is 8.49. The van der Waals surface area contributed by atoms with Gasteiger partial charge in [0.1, 0.15) is 22.9 Å². The average Bonchev–Trinajstić information content (AvgIpc) is 3.07. The number of carbonyl (C=O) groups is 2. The molecule has 0 unspecified atom stereocenters. The highest BCUT2D eigenvalue weighted by Crippen LogP contribution is 2.50. The Morgan fingerprint density at radius 1 is 1.30 bits per heavy atom. The summed E-state index contributed by atoms with van der Waals surface area (Å²) in [5.74, 6) is 0.533. The predicted molar refractivity (Wildman–Crippen MR) is 96.3 cm³/mol. The minimum atomic E-state index is -0.882. The van der Waals surface area contributed by atoms with Gasteiger partial charge in [-0.15, -0.1) is 0 Å². The van der Waals surface area contributed by atoms with Gasteiger partial charge in [-0.05, 0) is 18.2 Å². The van der Waals surface area contributed by atoms with E-state index in [1.54, 1.807) is 30.0 Å². The molecule has 2 N–H and O–H groups in total. The predicted octanol–water partition coefficient (Wildman–Crippen LogP) is 1.29. The van der Waals surface area contributed by atoms with Crippen molar-refractivity contribution in [3.63, 3.8) is 0 Å². The highest BCUT2D eigenvalue weighted by Gasteiger charge is 2.61. The molecule has 0 bridgehead atoms. The largest absolute Gasteiger partial charge is 0.441 e. The number of hydrogen-bond donors (Lipinski definition) is 1. The Hall–Kier alpha value is -3.49. The molecule has 2 aliphatic heterocycles. The van der Waals surface area contributed by atoms with Gasteiger partial charge < -0.3 is 15.1 Å². The number of benzene rings is 1. The number of rotatable bonds is 1. The molecule has 136 valence electrons. The molecule has 0 aliphatic carbocycles. The Bertz CT molecular complexity index is 1130. The van der Waals surface area contributed by atoms with Crippen LogP contribution in [0.5, 0.6) is 0 Å². The normalized spacial score (nSPS) is 17.5. The summed E-state index contributed by atoms with van der Waals surface area (Å²) in [6, 6.07) is 5.33. The van der Waals surface area contributed by atoms with E-state index in [0.29, 0.717) is 34.1 Å². The van der Waals surface area contributed by atoms with Crippen LogP contribution in [0.2, 0.25) is 0 Å². The van der Waals surface area contributed by atoms with Crippen molar-refractivity contribution in [3.05, 3.63) is 36.1 Å². The maximum atomic E-state index is 13.4. The van der Waals surface area contributed by atoms with E-state index in [4.69, 9.17) is 10.2 Å². The number of hydrogen-bond acceptors (Lipinski definition) is 7. The van der Waals surface area contributed by atoms with E-state index in [2.05, 4.69) is 15.0 Å². The van der Waals surface area contributed by atoms with Crippen LogP contribution in [-0.4, -0.2) is 44.8 Å². The van der Waals surface area contributed by atoms with Crippen LogP contribution < -0.4 is 10.6 Å². The second kappa shape index (κ2) is 5.03. The summed E-state index contributed by atoms with van der Waals surface area (Å²) < 4.78 is 5.51. The molecule has 4 heterocycles. The van der Waals surface area contributed by atoms with Gasteiger partial charge in [0, 0.05) is 26.9 Å². The fraction of sp³-hybridized carbons (Fsp3) is 0.278. The number of likely N-dealkylation sites (tertiary alicyclic amines) is 1. The number of carbonyl (C=O) groups excluding carboxylic acids is 2. The Balaban J connectivity index is 1.67. The number of amides is 2. The van der Waals surface area contributed by atoms with E-state index in [1.807, 2.05) is 0 Å². The Labute approximate surface area is 153 Å². The number of oxazole rings is 1. The molecular weight excluding hydrogens is 348 g/mol. The summed E-state index contributed by atoms with van der Waals surface area (Å²) in [7, 11) is 0. The monoisotopic (exact) mass is 364 g/mol. The van der Waals surface area contributed by atoms with E-state index < -0.39 is 5.41 Å². The maximum Gasteiger partial charge on any atom is 0.247 e. The number of anilines is 3. The van der Waals surface area contributed by atoms with Crippen LogP contribution in [0.15, 0.2) is 28.9 Å². The molecule has 2 aromatic heterocycles. The van der Waals surface area contributed by atoms with E-state index >= 15 is 0 Å². The van der Waals surface area contributed by atoms with Gasteiger partial charge in [-0.1, -0.05) is 0 Å². The first-order chi connectivity index (χ1) is 12.9. The summed E-state index contributed by atoms with van der Waals surface area (Å²) in [5.41, 5.74) is 8.17. The summed E-state index contributed by atoms with van der Waals surface area (Å²) in [6.07, 6.45) is 1.35. The van der Waals surface area contributed by atoms with Gasteiger partial charge in [-0.25, -0.2) is 15.0 Å². The topological polar surface area (TPSA) is 118 Å². The van der Waals surface area contributed by atoms with Crippen molar-refractivity contribution in [1.82, 2.24) is 19.9 Å². The van der Waals surface area contributed by atoms with Gasteiger partial charge in [-0.2, -0.15) is 0 Å². The molecule has 1 aromatic carbocycles. The third kappa shape index (κ3) is 1.96. The molecule has 1 saturated heterocycles. The van der Waals surface area contributed by atoms with Gasteiger partial charge in [-0.3, -0.25) is 14.5 Å². The van der Waals surface area contributed by atoms with Gasteiger partial charge in [0.25, 0.3) is 0 Å². The van der Waals surface area contributed by atoms with Crippen LogP contribution >= 0.6 is 0 Å².